The van der Waals surface area contributed by atoms with E-state index >= 15 is 0 Å². The van der Waals surface area contributed by atoms with Gasteiger partial charge in [0.15, 0.2) is 0 Å². The van der Waals surface area contributed by atoms with Crippen LogP contribution in [0.3, 0.4) is 0 Å². The smallest absolute Gasteiger partial charge is 0.266 e. The normalized spacial score (nSPS) is 18.2. The average Bonchev–Trinajstić information content (AvgIpc) is 3.32. The Hall–Kier alpha value is -3.39. The summed E-state index contributed by atoms with van der Waals surface area (Å²) in [7, 11) is 0. The summed E-state index contributed by atoms with van der Waals surface area (Å²) in [6.07, 6.45) is 1.25. The van der Waals surface area contributed by atoms with Gasteiger partial charge in [-0.05, 0) is 12.1 Å². The number of imide groups is 1. The lowest BCUT2D eigenvalue weighted by molar-refractivity contribution is -0.0555. The van der Waals surface area contributed by atoms with Crippen molar-refractivity contribution in [2.75, 3.05) is 24.5 Å². The zero-order valence-electron chi connectivity index (χ0n) is 17.4. The Bertz CT molecular complexity index is 1130. The quantitative estimate of drug-likeness (QED) is 0.566. The molecular weight excluding hydrogens is 414 g/mol. The number of benzene rings is 2. The molecule has 32 heavy (non-hydrogen) atoms. The van der Waals surface area contributed by atoms with Crippen molar-refractivity contribution in [2.24, 2.45) is 0 Å². The molecule has 5 rings (SSSR count). The Kier molecular flexibility index (Phi) is 5.09. The van der Waals surface area contributed by atoms with Crippen LogP contribution < -0.4 is 4.90 Å². The van der Waals surface area contributed by atoms with Crippen molar-refractivity contribution in [3.8, 4) is 11.3 Å². The lowest BCUT2D eigenvalue weighted by Gasteiger charge is -2.31. The van der Waals surface area contributed by atoms with Crippen LogP contribution in [0.4, 0.5) is 14.5 Å². The maximum Gasteiger partial charge on any atom is 0.266 e. The zero-order valence-corrected chi connectivity index (χ0v) is 17.4. The van der Waals surface area contributed by atoms with Crippen molar-refractivity contribution in [1.29, 1.82) is 0 Å². The Morgan fingerprint density at radius 1 is 0.844 bits per heavy atom. The summed E-state index contributed by atoms with van der Waals surface area (Å²) in [4.78, 5) is 29.3. The number of hydrogen-bond donors (Lipinski definition) is 0. The van der Waals surface area contributed by atoms with E-state index < -0.39 is 5.92 Å². The number of rotatable bonds is 5. The van der Waals surface area contributed by atoms with Crippen LogP contribution in [0.1, 0.15) is 33.6 Å². The number of carbonyl (C=O) groups is 2. The van der Waals surface area contributed by atoms with E-state index in [-0.39, 0.29) is 24.7 Å². The molecule has 2 aliphatic rings. The summed E-state index contributed by atoms with van der Waals surface area (Å²) in [6.45, 7) is 1.68. The maximum absolute atomic E-state index is 13.5. The number of aromatic nitrogens is 2. The fourth-order valence-electron chi connectivity index (χ4n) is 4.35. The van der Waals surface area contributed by atoms with Crippen molar-refractivity contribution < 1.29 is 18.4 Å². The average molecular weight is 436 g/mol. The second kappa shape index (κ2) is 7.94. The molecule has 1 saturated heterocycles. The van der Waals surface area contributed by atoms with Crippen LogP contribution in [-0.2, 0) is 6.54 Å². The maximum atomic E-state index is 13.5. The minimum atomic E-state index is -2.59. The van der Waals surface area contributed by atoms with E-state index in [9.17, 15) is 18.4 Å². The number of carbonyl (C=O) groups excluding carboxylic acids is 2. The summed E-state index contributed by atoms with van der Waals surface area (Å²) < 4.78 is 28.7. The van der Waals surface area contributed by atoms with Gasteiger partial charge in [0.1, 0.15) is 0 Å². The predicted octanol–water partition coefficient (Wildman–Crippen LogP) is 4.08. The summed E-state index contributed by atoms with van der Waals surface area (Å²) in [5.41, 5.74) is 2.65. The lowest BCUT2D eigenvalue weighted by atomic mass is 10.1. The number of halogens is 2. The van der Waals surface area contributed by atoms with Gasteiger partial charge in [-0.15, -0.1) is 0 Å². The third-order valence-electron chi connectivity index (χ3n) is 6.12. The first kappa shape index (κ1) is 20.5. The predicted molar refractivity (Wildman–Crippen MR) is 116 cm³/mol. The molecule has 2 aliphatic heterocycles. The minimum Gasteiger partial charge on any atom is -0.301 e. The zero-order chi connectivity index (χ0) is 22.3. The van der Waals surface area contributed by atoms with E-state index in [4.69, 9.17) is 0 Å². The molecule has 0 N–H and O–H groups in total. The van der Waals surface area contributed by atoms with Gasteiger partial charge in [0.2, 0.25) is 0 Å². The van der Waals surface area contributed by atoms with Crippen molar-refractivity contribution in [3.63, 3.8) is 0 Å². The van der Waals surface area contributed by atoms with Crippen LogP contribution in [-0.4, -0.2) is 52.1 Å². The fraction of sp³-hybridized carbons (Fsp3) is 0.292. The van der Waals surface area contributed by atoms with Crippen LogP contribution in [0.2, 0.25) is 0 Å². The van der Waals surface area contributed by atoms with Gasteiger partial charge in [-0.3, -0.25) is 14.3 Å². The van der Waals surface area contributed by atoms with E-state index in [1.165, 1.54) is 11.1 Å². The topological polar surface area (TPSA) is 58.4 Å². The highest BCUT2D eigenvalue weighted by Gasteiger charge is 2.39. The van der Waals surface area contributed by atoms with Gasteiger partial charge in [0.05, 0.1) is 35.2 Å². The van der Waals surface area contributed by atoms with Crippen molar-refractivity contribution in [3.05, 3.63) is 71.9 Å². The molecule has 8 heteroatoms. The number of fused-ring (bicyclic) bond motifs is 1. The monoisotopic (exact) mass is 436 g/mol. The van der Waals surface area contributed by atoms with Gasteiger partial charge < -0.3 is 4.90 Å². The highest BCUT2D eigenvalue weighted by molar-refractivity contribution is 6.35. The summed E-state index contributed by atoms with van der Waals surface area (Å²) in [5, 5.41) is 4.48. The van der Waals surface area contributed by atoms with Crippen LogP contribution in [0.15, 0.2) is 60.8 Å². The standard InChI is InChI=1S/C24H22F2N4O2/c25-24(26)10-12-28(13-11-24)14-15-29-21(17-6-2-1-3-7-17)20(16-27-29)30-22(31)18-8-4-5-9-19(18)23(30)32/h1-9,16H,10-15H2. The second-order valence-corrected chi connectivity index (χ2v) is 8.16. The number of amides is 2. The van der Waals surface area contributed by atoms with Gasteiger partial charge in [0.25, 0.3) is 17.7 Å². The van der Waals surface area contributed by atoms with Crippen LogP contribution in [0.25, 0.3) is 11.3 Å². The van der Waals surface area contributed by atoms with Crippen molar-refractivity contribution in [2.45, 2.75) is 25.3 Å². The first-order valence-electron chi connectivity index (χ1n) is 10.6. The van der Waals surface area contributed by atoms with Gasteiger partial charge in [0, 0.05) is 38.0 Å². The van der Waals surface area contributed by atoms with E-state index in [0.29, 0.717) is 48.7 Å². The fourth-order valence-corrected chi connectivity index (χ4v) is 4.35. The van der Waals surface area contributed by atoms with E-state index in [0.717, 1.165) is 5.56 Å². The third-order valence-corrected chi connectivity index (χ3v) is 6.12. The van der Waals surface area contributed by atoms with Gasteiger partial charge in [-0.2, -0.15) is 5.10 Å². The summed E-state index contributed by atoms with van der Waals surface area (Å²) >= 11 is 0. The molecule has 6 nitrogen and oxygen atoms in total. The number of alkyl halides is 2. The Morgan fingerprint density at radius 2 is 1.44 bits per heavy atom. The Labute approximate surface area is 184 Å². The van der Waals surface area contributed by atoms with E-state index in [1.54, 1.807) is 28.9 Å². The number of nitrogens with zero attached hydrogens (tertiary/aromatic N) is 4. The van der Waals surface area contributed by atoms with Crippen LogP contribution in [0.5, 0.6) is 0 Å². The highest BCUT2D eigenvalue weighted by Crippen LogP contribution is 2.36. The molecule has 0 spiro atoms. The number of anilines is 1. The van der Waals surface area contributed by atoms with Gasteiger partial charge in [-0.1, -0.05) is 42.5 Å². The highest BCUT2D eigenvalue weighted by atomic mass is 19.3. The first-order chi connectivity index (χ1) is 15.4. The molecule has 1 aromatic heterocycles. The van der Waals surface area contributed by atoms with E-state index in [1.807, 2.05) is 35.2 Å². The molecule has 0 bridgehead atoms. The molecule has 0 atom stereocenters. The summed E-state index contributed by atoms with van der Waals surface area (Å²) in [6, 6.07) is 16.2. The van der Waals surface area contributed by atoms with E-state index in [2.05, 4.69) is 5.10 Å². The van der Waals surface area contributed by atoms with Crippen LogP contribution in [0, 0.1) is 0 Å². The molecule has 0 radical (unpaired) electrons. The largest absolute Gasteiger partial charge is 0.301 e. The number of likely N-dealkylation sites (tertiary alicyclic amines) is 1. The lowest BCUT2D eigenvalue weighted by Crippen LogP contribution is -2.40. The molecule has 0 saturated carbocycles. The molecule has 164 valence electrons. The SMILES string of the molecule is O=C1c2ccccc2C(=O)N1c1cnn(CCN2CCC(F)(F)CC2)c1-c1ccccc1. The summed E-state index contributed by atoms with van der Waals surface area (Å²) in [5.74, 6) is -3.34. The third kappa shape index (κ3) is 3.60. The molecular formula is C24H22F2N4O2. The van der Waals surface area contributed by atoms with Crippen LogP contribution >= 0.6 is 0 Å². The van der Waals surface area contributed by atoms with Gasteiger partial charge >= 0.3 is 0 Å². The molecule has 0 unspecified atom stereocenters. The van der Waals surface area contributed by atoms with Crippen molar-refractivity contribution in [1.82, 2.24) is 14.7 Å². The first-order valence-corrected chi connectivity index (χ1v) is 10.6. The molecule has 2 amide bonds. The molecule has 3 heterocycles. The minimum absolute atomic E-state index is 0.141. The second-order valence-electron chi connectivity index (χ2n) is 8.16. The molecule has 3 aromatic rings. The van der Waals surface area contributed by atoms with Gasteiger partial charge in [-0.25, -0.2) is 13.7 Å². The number of piperidine rings is 1. The molecule has 2 aromatic carbocycles. The van der Waals surface area contributed by atoms with Crippen molar-refractivity contribution >= 4 is 17.5 Å². The molecule has 1 fully saturated rings. The Morgan fingerprint density at radius 3 is 2.06 bits per heavy atom. The molecule has 0 aliphatic carbocycles. The Balaban J connectivity index is 1.47. The number of hydrogen-bond acceptors (Lipinski definition) is 4.